The molecule has 0 aliphatic carbocycles. The molecule has 0 unspecified atom stereocenters. The highest BCUT2D eigenvalue weighted by Crippen LogP contribution is 2.37. The first-order valence-electron chi connectivity index (χ1n) is 13.2. The highest BCUT2D eigenvalue weighted by molar-refractivity contribution is 6.38. The minimum absolute atomic E-state index is 0.111. The fraction of sp³-hybridized carbons (Fsp3) is 0.300. The number of benzene rings is 3. The maximum Gasteiger partial charge on any atom is 0.189 e. The number of rotatable bonds is 5. The van der Waals surface area contributed by atoms with Gasteiger partial charge < -0.3 is 14.4 Å². The molecule has 0 radical (unpaired) electrons. The van der Waals surface area contributed by atoms with Crippen molar-refractivity contribution in [1.29, 1.82) is 0 Å². The lowest BCUT2D eigenvalue weighted by molar-refractivity contribution is 0.325. The number of hydrogen-bond donors (Lipinski definition) is 0. The van der Waals surface area contributed by atoms with Crippen molar-refractivity contribution in [1.82, 2.24) is 9.47 Å². The summed E-state index contributed by atoms with van der Waals surface area (Å²) in [4.78, 5) is 18.9. The monoisotopic (exact) mass is 552 g/mol. The van der Waals surface area contributed by atoms with Crippen molar-refractivity contribution in [3.63, 3.8) is 0 Å². The molecule has 2 saturated heterocycles. The minimum Gasteiger partial charge on any atom is -0.368 e. The number of anilines is 2. The molecule has 0 amide bonds. The van der Waals surface area contributed by atoms with Gasteiger partial charge in [-0.3, -0.25) is 9.69 Å². The molecule has 0 spiro atoms. The van der Waals surface area contributed by atoms with Crippen LogP contribution in [-0.2, 0) is 6.54 Å². The first-order valence-corrected chi connectivity index (χ1v) is 13.6. The zero-order valence-corrected chi connectivity index (χ0v) is 22.1. The smallest absolute Gasteiger partial charge is 0.189 e. The van der Waals surface area contributed by atoms with Crippen LogP contribution in [0.15, 0.2) is 65.6 Å². The van der Waals surface area contributed by atoms with Gasteiger partial charge in [0.05, 0.1) is 21.6 Å². The lowest BCUT2D eigenvalue weighted by atomic mass is 10.1. The molecule has 3 heterocycles. The summed E-state index contributed by atoms with van der Waals surface area (Å²) in [7, 11) is 0. The van der Waals surface area contributed by atoms with Crippen LogP contribution < -0.4 is 15.2 Å². The predicted molar refractivity (Wildman–Crippen MR) is 150 cm³/mol. The van der Waals surface area contributed by atoms with E-state index in [1.54, 1.807) is 35.0 Å². The normalized spacial score (nSPS) is 16.4. The molecule has 3 aromatic carbocycles. The maximum absolute atomic E-state index is 15.5. The number of pyridine rings is 1. The van der Waals surface area contributed by atoms with E-state index in [4.69, 9.17) is 11.6 Å². The summed E-state index contributed by atoms with van der Waals surface area (Å²) < 4.78 is 45.6. The first kappa shape index (κ1) is 25.8. The fourth-order valence-corrected chi connectivity index (χ4v) is 6.07. The van der Waals surface area contributed by atoms with Gasteiger partial charge in [0.1, 0.15) is 17.5 Å². The van der Waals surface area contributed by atoms with Crippen molar-refractivity contribution in [2.45, 2.75) is 19.4 Å². The minimum atomic E-state index is -0.579. The van der Waals surface area contributed by atoms with E-state index in [0.717, 1.165) is 31.6 Å². The summed E-state index contributed by atoms with van der Waals surface area (Å²) in [6.45, 7) is 4.63. The van der Waals surface area contributed by atoms with Crippen LogP contribution in [0.5, 0.6) is 0 Å². The molecule has 2 fully saturated rings. The van der Waals surface area contributed by atoms with Gasteiger partial charge in [-0.1, -0.05) is 17.7 Å². The van der Waals surface area contributed by atoms with Crippen LogP contribution in [0.1, 0.15) is 18.4 Å². The molecule has 202 valence electrons. The van der Waals surface area contributed by atoms with Crippen molar-refractivity contribution in [3.05, 3.63) is 99.1 Å². The van der Waals surface area contributed by atoms with Crippen LogP contribution in [0, 0.1) is 17.5 Å². The molecule has 9 heteroatoms. The van der Waals surface area contributed by atoms with Gasteiger partial charge in [-0.2, -0.15) is 0 Å². The van der Waals surface area contributed by atoms with Crippen molar-refractivity contribution >= 4 is 33.9 Å². The van der Waals surface area contributed by atoms with Crippen LogP contribution in [0.2, 0.25) is 5.02 Å². The Morgan fingerprint density at radius 2 is 1.41 bits per heavy atom. The van der Waals surface area contributed by atoms with Crippen LogP contribution in [0.25, 0.3) is 16.6 Å². The van der Waals surface area contributed by atoms with E-state index in [9.17, 15) is 9.18 Å². The lowest BCUT2D eigenvalue weighted by Crippen LogP contribution is -2.47. The number of likely N-dealkylation sites (tertiary alicyclic amines) is 1. The zero-order chi connectivity index (χ0) is 27.1. The quantitative estimate of drug-likeness (QED) is 0.305. The molecule has 6 rings (SSSR count). The number of hydrogen-bond acceptors (Lipinski definition) is 4. The van der Waals surface area contributed by atoms with E-state index >= 15 is 8.78 Å². The summed E-state index contributed by atoms with van der Waals surface area (Å²) >= 11 is 6.87. The predicted octanol–water partition coefficient (Wildman–Crippen LogP) is 5.98. The molecule has 39 heavy (non-hydrogen) atoms. The largest absolute Gasteiger partial charge is 0.368 e. The highest BCUT2D eigenvalue weighted by atomic mass is 35.5. The second kappa shape index (κ2) is 10.6. The Labute approximate surface area is 229 Å². The Morgan fingerprint density at radius 1 is 0.744 bits per heavy atom. The van der Waals surface area contributed by atoms with Gasteiger partial charge in [0, 0.05) is 61.9 Å². The number of halogens is 4. The SMILES string of the molecule is O=c1ccn(-c2ccc(CN3CCCC3)c(F)c2)c2c(Cl)c(N3CCN(c4ccc(F)cc4)CC3)c(F)cc12. The molecule has 0 bridgehead atoms. The summed E-state index contributed by atoms with van der Waals surface area (Å²) in [5.41, 5.74) is 2.21. The molecule has 0 atom stereocenters. The van der Waals surface area contributed by atoms with E-state index in [-0.39, 0.29) is 33.2 Å². The van der Waals surface area contributed by atoms with Crippen molar-refractivity contribution < 1.29 is 13.2 Å². The standard InChI is InChI=1S/C30H28ClF3N4O/c31-28-29-24(18-26(34)30(28)37-15-13-36(14-16-37)22-7-4-21(32)5-8-22)27(39)9-12-38(29)23-6-3-20(25(33)17-23)19-35-10-1-2-11-35/h3-9,12,17-18H,1-2,10-11,13-16,19H2. The maximum atomic E-state index is 15.5. The molecule has 2 aliphatic heterocycles. The van der Waals surface area contributed by atoms with Crippen molar-refractivity contribution in [3.8, 4) is 5.69 Å². The molecule has 2 aliphatic rings. The van der Waals surface area contributed by atoms with Crippen LogP contribution in [-0.4, -0.2) is 48.7 Å². The summed E-state index contributed by atoms with van der Waals surface area (Å²) in [6.07, 6.45) is 3.81. The molecule has 0 saturated carbocycles. The van der Waals surface area contributed by atoms with E-state index < -0.39 is 5.82 Å². The average molecular weight is 553 g/mol. The van der Waals surface area contributed by atoms with Gasteiger partial charge in [0.2, 0.25) is 0 Å². The summed E-state index contributed by atoms with van der Waals surface area (Å²) in [5.74, 6) is -1.21. The average Bonchev–Trinajstić information content (AvgIpc) is 3.45. The van der Waals surface area contributed by atoms with E-state index in [2.05, 4.69) is 9.80 Å². The highest BCUT2D eigenvalue weighted by Gasteiger charge is 2.25. The summed E-state index contributed by atoms with van der Waals surface area (Å²) in [6, 6.07) is 13.9. The van der Waals surface area contributed by atoms with Gasteiger partial charge in [-0.25, -0.2) is 13.2 Å². The molecule has 0 N–H and O–H groups in total. The van der Waals surface area contributed by atoms with E-state index in [0.29, 0.717) is 49.5 Å². The van der Waals surface area contributed by atoms with E-state index in [1.165, 1.54) is 30.3 Å². The molecular formula is C30H28ClF3N4O. The van der Waals surface area contributed by atoms with Gasteiger partial charge in [0.25, 0.3) is 0 Å². The zero-order valence-electron chi connectivity index (χ0n) is 21.3. The van der Waals surface area contributed by atoms with Crippen LogP contribution in [0.3, 0.4) is 0 Å². The molecule has 5 nitrogen and oxygen atoms in total. The Kier molecular flexibility index (Phi) is 6.99. The van der Waals surface area contributed by atoms with Crippen molar-refractivity contribution in [2.24, 2.45) is 0 Å². The second-order valence-electron chi connectivity index (χ2n) is 10.2. The van der Waals surface area contributed by atoms with Gasteiger partial charge in [-0.05, 0) is 68.4 Å². The van der Waals surface area contributed by atoms with Gasteiger partial charge in [-0.15, -0.1) is 0 Å². The third kappa shape index (κ3) is 4.99. The topological polar surface area (TPSA) is 31.7 Å². The Hall–Kier alpha value is -3.49. The van der Waals surface area contributed by atoms with Crippen LogP contribution >= 0.6 is 11.6 Å². The Morgan fingerprint density at radius 3 is 2.10 bits per heavy atom. The summed E-state index contributed by atoms with van der Waals surface area (Å²) in [5, 5.41) is 0.245. The third-order valence-electron chi connectivity index (χ3n) is 7.74. The van der Waals surface area contributed by atoms with E-state index in [1.807, 2.05) is 4.90 Å². The number of nitrogens with zero attached hydrogens (tertiary/aromatic N) is 4. The molecular weight excluding hydrogens is 525 g/mol. The fourth-order valence-electron chi connectivity index (χ4n) is 5.67. The number of aromatic nitrogens is 1. The third-order valence-corrected chi connectivity index (χ3v) is 8.10. The van der Waals surface area contributed by atoms with Gasteiger partial charge in [0.15, 0.2) is 5.43 Å². The molecule has 1 aromatic heterocycles. The number of fused-ring (bicyclic) bond motifs is 1. The first-order chi connectivity index (χ1) is 18.9. The van der Waals surface area contributed by atoms with Crippen LogP contribution in [0.4, 0.5) is 24.5 Å². The lowest BCUT2D eigenvalue weighted by Gasteiger charge is -2.38. The van der Waals surface area contributed by atoms with Gasteiger partial charge >= 0.3 is 0 Å². The van der Waals surface area contributed by atoms with Crippen molar-refractivity contribution in [2.75, 3.05) is 49.1 Å². The Balaban J connectivity index is 1.34. The Bertz CT molecular complexity index is 1580. The molecule has 4 aromatic rings. The second-order valence-corrected chi connectivity index (χ2v) is 10.6. The number of piperazine rings is 1.